The van der Waals surface area contributed by atoms with E-state index in [1.165, 1.54) is 0 Å². The van der Waals surface area contributed by atoms with Gasteiger partial charge in [0.15, 0.2) is 0 Å². The lowest BCUT2D eigenvalue weighted by Crippen LogP contribution is -2.35. The lowest BCUT2D eigenvalue weighted by Gasteiger charge is -2.23. The van der Waals surface area contributed by atoms with Gasteiger partial charge in [0.2, 0.25) is 0 Å². The van der Waals surface area contributed by atoms with Gasteiger partial charge in [-0.1, -0.05) is 0 Å². The van der Waals surface area contributed by atoms with Gasteiger partial charge in [0.1, 0.15) is 23.6 Å². The smallest absolute Gasteiger partial charge is 0.326 e. The van der Waals surface area contributed by atoms with E-state index in [4.69, 9.17) is 9.47 Å². The molecule has 2 aliphatic rings. The number of hydrogen-bond acceptors (Lipinski definition) is 6. The van der Waals surface area contributed by atoms with Crippen molar-refractivity contribution in [1.29, 1.82) is 0 Å². The molecule has 2 aliphatic heterocycles. The molecule has 0 amide bonds. The van der Waals surface area contributed by atoms with Gasteiger partial charge < -0.3 is 29.5 Å². The van der Waals surface area contributed by atoms with Crippen molar-refractivity contribution in [2.24, 2.45) is 0 Å². The summed E-state index contributed by atoms with van der Waals surface area (Å²) in [5.41, 5.74) is 1.81. The summed E-state index contributed by atoms with van der Waals surface area (Å²) in [6.07, 6.45) is 3.84. The molecule has 2 atom stereocenters. The van der Waals surface area contributed by atoms with E-state index < -0.39 is 24.0 Å². The van der Waals surface area contributed by atoms with E-state index in [-0.39, 0.29) is 0 Å². The van der Waals surface area contributed by atoms with E-state index in [1.807, 2.05) is 58.3 Å². The molecule has 2 aromatic rings. The first-order valence-electron chi connectivity index (χ1n) is 11.5. The van der Waals surface area contributed by atoms with E-state index in [9.17, 15) is 19.8 Å². The Morgan fingerprint density at radius 2 is 1.12 bits per heavy atom. The number of anilines is 2. The second-order valence-corrected chi connectivity index (χ2v) is 8.42. The summed E-state index contributed by atoms with van der Waals surface area (Å²) < 4.78 is 11.6. The van der Waals surface area contributed by atoms with E-state index in [0.717, 1.165) is 48.8 Å². The molecule has 0 spiro atoms. The van der Waals surface area contributed by atoms with Crippen molar-refractivity contribution in [3.8, 4) is 11.5 Å². The molecule has 176 valence electrons. The molecule has 4 rings (SSSR count). The van der Waals surface area contributed by atoms with Crippen LogP contribution in [0.5, 0.6) is 11.5 Å². The van der Waals surface area contributed by atoms with Crippen LogP contribution in [0.1, 0.15) is 32.1 Å². The maximum absolute atomic E-state index is 11.4. The zero-order valence-corrected chi connectivity index (χ0v) is 18.6. The highest BCUT2D eigenvalue weighted by molar-refractivity contribution is 5.79. The Labute approximate surface area is 193 Å². The molecular weight excluding hydrogens is 424 g/mol. The van der Waals surface area contributed by atoms with Gasteiger partial charge in [0, 0.05) is 30.9 Å². The normalized spacial score (nSPS) is 20.1. The molecule has 2 heterocycles. The summed E-state index contributed by atoms with van der Waals surface area (Å²) >= 11 is 0. The van der Waals surface area contributed by atoms with Gasteiger partial charge in [-0.3, -0.25) is 0 Å². The lowest BCUT2D eigenvalue weighted by atomic mass is 10.2. The Morgan fingerprint density at radius 1 is 0.727 bits per heavy atom. The van der Waals surface area contributed by atoms with Crippen LogP contribution in [0.25, 0.3) is 0 Å². The zero-order valence-electron chi connectivity index (χ0n) is 18.6. The predicted octanol–water partition coefficient (Wildman–Crippen LogP) is 3.64. The van der Waals surface area contributed by atoms with Gasteiger partial charge >= 0.3 is 11.9 Å². The summed E-state index contributed by atoms with van der Waals surface area (Å²) in [5, 5.41) is 18.7. The molecule has 0 aliphatic carbocycles. The average molecular weight is 455 g/mol. The quantitative estimate of drug-likeness (QED) is 0.525. The van der Waals surface area contributed by atoms with Crippen LogP contribution < -0.4 is 19.3 Å². The summed E-state index contributed by atoms with van der Waals surface area (Å²) in [6.45, 7) is 2.53. The highest BCUT2D eigenvalue weighted by Crippen LogP contribution is 2.28. The number of carboxylic acid groups (broad SMARTS) is 2. The molecule has 33 heavy (non-hydrogen) atoms. The van der Waals surface area contributed by atoms with E-state index >= 15 is 0 Å². The Hall–Kier alpha value is -3.42. The third-order valence-corrected chi connectivity index (χ3v) is 6.24. The van der Waals surface area contributed by atoms with Crippen molar-refractivity contribution < 1.29 is 29.3 Å². The molecule has 2 aromatic carbocycles. The molecule has 0 bridgehead atoms. The van der Waals surface area contributed by atoms with Crippen LogP contribution in [0.2, 0.25) is 0 Å². The summed E-state index contributed by atoms with van der Waals surface area (Å²) in [5.74, 6) is -0.0634. The molecule has 0 saturated carbocycles. The van der Waals surface area contributed by atoms with Crippen molar-refractivity contribution in [1.82, 2.24) is 0 Å². The van der Waals surface area contributed by atoms with Crippen LogP contribution in [0.15, 0.2) is 48.5 Å². The SMILES string of the molecule is O=C(O)[C@@H]1CCCN1c1ccc(OCCCOc2ccc(N3CCC[C@H]3C(=O)O)cc2)cc1. The van der Waals surface area contributed by atoms with E-state index in [0.29, 0.717) is 32.5 Å². The monoisotopic (exact) mass is 454 g/mol. The third-order valence-electron chi connectivity index (χ3n) is 6.24. The Bertz CT molecular complexity index is 869. The van der Waals surface area contributed by atoms with Crippen LogP contribution >= 0.6 is 0 Å². The van der Waals surface area contributed by atoms with Gasteiger partial charge in [0.25, 0.3) is 0 Å². The minimum absolute atomic E-state index is 0.447. The molecule has 0 radical (unpaired) electrons. The second-order valence-electron chi connectivity index (χ2n) is 8.42. The van der Waals surface area contributed by atoms with Gasteiger partial charge in [-0.2, -0.15) is 0 Å². The van der Waals surface area contributed by atoms with E-state index in [2.05, 4.69) is 0 Å². The standard InChI is InChI=1S/C25H30N2O6/c28-24(29)22-4-1-14-26(22)18-6-10-20(11-7-18)32-16-3-17-33-21-12-8-19(9-13-21)27-15-2-5-23(27)25(30)31/h6-13,22-23H,1-5,14-17H2,(H,28,29)(H,30,31)/t22-,23-/m0/s1. The number of carbonyl (C=O) groups is 2. The molecule has 2 N–H and O–H groups in total. The molecule has 8 nitrogen and oxygen atoms in total. The Morgan fingerprint density at radius 3 is 1.48 bits per heavy atom. The molecule has 0 unspecified atom stereocenters. The maximum atomic E-state index is 11.4. The maximum Gasteiger partial charge on any atom is 0.326 e. The van der Waals surface area contributed by atoms with Crippen LogP contribution in [0, 0.1) is 0 Å². The minimum Gasteiger partial charge on any atom is -0.493 e. The van der Waals surface area contributed by atoms with Gasteiger partial charge in [-0.25, -0.2) is 9.59 Å². The molecule has 8 heteroatoms. The number of ether oxygens (including phenoxy) is 2. The zero-order chi connectivity index (χ0) is 23.2. The number of carboxylic acids is 2. The van der Waals surface area contributed by atoms with Crippen LogP contribution in [0.4, 0.5) is 11.4 Å². The van der Waals surface area contributed by atoms with Gasteiger partial charge in [-0.15, -0.1) is 0 Å². The minimum atomic E-state index is -0.775. The second kappa shape index (κ2) is 10.5. The third kappa shape index (κ3) is 5.50. The van der Waals surface area contributed by atoms with E-state index in [1.54, 1.807) is 0 Å². The Kier molecular flexibility index (Phi) is 7.22. The number of nitrogens with zero attached hydrogens (tertiary/aromatic N) is 2. The molecule has 2 fully saturated rings. The molecular formula is C25H30N2O6. The topological polar surface area (TPSA) is 99.5 Å². The fraction of sp³-hybridized carbons (Fsp3) is 0.440. The highest BCUT2D eigenvalue weighted by atomic mass is 16.5. The first-order valence-corrected chi connectivity index (χ1v) is 11.5. The number of hydrogen-bond donors (Lipinski definition) is 2. The first kappa shape index (κ1) is 22.8. The van der Waals surface area contributed by atoms with Crippen LogP contribution in [0.3, 0.4) is 0 Å². The van der Waals surface area contributed by atoms with Crippen molar-refractivity contribution >= 4 is 23.3 Å². The van der Waals surface area contributed by atoms with Crippen molar-refractivity contribution in [2.75, 3.05) is 36.1 Å². The van der Waals surface area contributed by atoms with Crippen molar-refractivity contribution in [3.63, 3.8) is 0 Å². The average Bonchev–Trinajstić information content (AvgIpc) is 3.50. The number of benzene rings is 2. The fourth-order valence-corrected chi connectivity index (χ4v) is 4.57. The number of rotatable bonds is 10. The molecule has 0 aromatic heterocycles. The largest absolute Gasteiger partial charge is 0.493 e. The van der Waals surface area contributed by atoms with Gasteiger partial charge in [-0.05, 0) is 74.2 Å². The van der Waals surface area contributed by atoms with Crippen molar-refractivity contribution in [3.05, 3.63) is 48.5 Å². The summed E-state index contributed by atoms with van der Waals surface area (Å²) in [4.78, 5) is 26.6. The fourth-order valence-electron chi connectivity index (χ4n) is 4.57. The Balaban J connectivity index is 1.18. The highest BCUT2D eigenvalue weighted by Gasteiger charge is 2.31. The first-order chi connectivity index (χ1) is 16.0. The van der Waals surface area contributed by atoms with Gasteiger partial charge in [0.05, 0.1) is 13.2 Å². The predicted molar refractivity (Wildman–Crippen MR) is 124 cm³/mol. The van der Waals surface area contributed by atoms with Crippen LogP contribution in [-0.4, -0.2) is 60.5 Å². The van der Waals surface area contributed by atoms with Crippen LogP contribution in [-0.2, 0) is 9.59 Å². The molecule has 2 saturated heterocycles. The summed E-state index contributed by atoms with van der Waals surface area (Å²) in [7, 11) is 0. The summed E-state index contributed by atoms with van der Waals surface area (Å²) in [6, 6.07) is 14.2. The lowest BCUT2D eigenvalue weighted by molar-refractivity contribution is -0.139. The van der Waals surface area contributed by atoms with Crippen molar-refractivity contribution in [2.45, 2.75) is 44.2 Å². The number of aliphatic carboxylic acids is 2.